The van der Waals surface area contributed by atoms with Gasteiger partial charge in [0.1, 0.15) is 0 Å². The number of carbonyl (C=O) groups is 1. The summed E-state index contributed by atoms with van der Waals surface area (Å²) in [5.74, 6) is -0.0170. The number of rotatable bonds is 8. The third-order valence-electron chi connectivity index (χ3n) is 4.95. The largest absolute Gasteiger partial charge is 0.312 e. The third-order valence-corrected chi connectivity index (χ3v) is 6.25. The van der Waals surface area contributed by atoms with Gasteiger partial charge in [0.05, 0.1) is 6.26 Å². The molecule has 0 aliphatic carbocycles. The first kappa shape index (κ1) is 19.6. The fourth-order valence-electron chi connectivity index (χ4n) is 3.50. The summed E-state index contributed by atoms with van der Waals surface area (Å²) >= 11 is 0. The summed E-state index contributed by atoms with van der Waals surface area (Å²) in [6.45, 7) is 1.33. The van der Waals surface area contributed by atoms with E-state index >= 15 is 0 Å². The molecule has 27 heavy (non-hydrogen) atoms. The average Bonchev–Trinajstić information content (AvgIpc) is 3.08. The normalized spacial score (nSPS) is 13.8. The topological polar surface area (TPSA) is 57.7 Å². The lowest BCUT2D eigenvalue weighted by Gasteiger charge is -2.22. The third kappa shape index (κ3) is 5.17. The van der Waals surface area contributed by atoms with Crippen LogP contribution < -0.4 is 4.90 Å². The van der Waals surface area contributed by atoms with Gasteiger partial charge in [-0.25, -0.2) is 12.7 Å². The Kier molecular flexibility index (Phi) is 6.29. The van der Waals surface area contributed by atoms with Crippen LogP contribution in [0.5, 0.6) is 0 Å². The monoisotopic (exact) mass is 386 g/mol. The molecule has 0 radical (unpaired) electrons. The van der Waals surface area contributed by atoms with Gasteiger partial charge >= 0.3 is 0 Å². The van der Waals surface area contributed by atoms with Crippen LogP contribution >= 0.6 is 0 Å². The van der Waals surface area contributed by atoms with Crippen molar-refractivity contribution < 1.29 is 13.2 Å². The van der Waals surface area contributed by atoms with Crippen molar-refractivity contribution in [2.75, 3.05) is 30.8 Å². The van der Waals surface area contributed by atoms with E-state index in [0.29, 0.717) is 13.1 Å². The van der Waals surface area contributed by atoms with E-state index in [1.807, 2.05) is 54.6 Å². The van der Waals surface area contributed by atoms with Crippen LogP contribution in [0.1, 0.15) is 24.0 Å². The molecule has 1 aliphatic rings. The quantitative estimate of drug-likeness (QED) is 0.701. The van der Waals surface area contributed by atoms with Crippen LogP contribution in [0.15, 0.2) is 54.6 Å². The molecule has 6 heteroatoms. The first-order valence-corrected chi connectivity index (χ1v) is 11.2. The van der Waals surface area contributed by atoms with Gasteiger partial charge in [0.15, 0.2) is 0 Å². The number of benzene rings is 2. The number of hydrogen-bond acceptors (Lipinski definition) is 3. The molecule has 1 heterocycles. The van der Waals surface area contributed by atoms with Gasteiger partial charge in [-0.1, -0.05) is 48.5 Å². The van der Waals surface area contributed by atoms with E-state index in [0.717, 1.165) is 24.9 Å². The van der Waals surface area contributed by atoms with E-state index in [4.69, 9.17) is 0 Å². The Morgan fingerprint density at radius 2 is 1.74 bits per heavy atom. The molecule has 0 aromatic heterocycles. The van der Waals surface area contributed by atoms with Crippen molar-refractivity contribution in [3.8, 4) is 0 Å². The smallest absolute Gasteiger partial charge is 0.228 e. The number of carbonyl (C=O) groups excluding carboxylic acids is 1. The Morgan fingerprint density at radius 3 is 2.48 bits per heavy atom. The van der Waals surface area contributed by atoms with Crippen molar-refractivity contribution >= 4 is 21.6 Å². The maximum absolute atomic E-state index is 12.6. The Bertz CT molecular complexity index is 881. The molecule has 2 aromatic carbocycles. The highest BCUT2D eigenvalue weighted by Gasteiger charge is 2.25. The highest BCUT2D eigenvalue weighted by molar-refractivity contribution is 7.88. The minimum absolute atomic E-state index is 0.0170. The first-order chi connectivity index (χ1) is 12.9. The summed E-state index contributed by atoms with van der Waals surface area (Å²) in [5, 5.41) is 0. The lowest BCUT2D eigenvalue weighted by atomic mass is 10.1. The summed E-state index contributed by atoms with van der Waals surface area (Å²) in [5.41, 5.74) is 3.32. The van der Waals surface area contributed by atoms with Crippen LogP contribution in [0.4, 0.5) is 5.69 Å². The van der Waals surface area contributed by atoms with Crippen molar-refractivity contribution in [2.24, 2.45) is 0 Å². The van der Waals surface area contributed by atoms with Gasteiger partial charge in [-0.2, -0.15) is 0 Å². The van der Waals surface area contributed by atoms with Gasteiger partial charge in [0.25, 0.3) is 0 Å². The number of aryl methyl sites for hydroxylation is 1. The fourth-order valence-corrected chi connectivity index (χ4v) is 4.38. The Hall–Kier alpha value is -2.18. The van der Waals surface area contributed by atoms with E-state index in [-0.39, 0.29) is 18.9 Å². The van der Waals surface area contributed by atoms with Crippen molar-refractivity contribution in [3.63, 3.8) is 0 Å². The molecule has 5 nitrogen and oxygen atoms in total. The van der Waals surface area contributed by atoms with Crippen LogP contribution in [-0.4, -0.2) is 44.5 Å². The second-order valence-electron chi connectivity index (χ2n) is 6.93. The van der Waals surface area contributed by atoms with E-state index in [2.05, 4.69) is 0 Å². The van der Waals surface area contributed by atoms with Gasteiger partial charge in [-0.05, 0) is 36.5 Å². The van der Waals surface area contributed by atoms with Gasteiger partial charge < -0.3 is 4.90 Å². The Balaban J connectivity index is 1.55. The van der Waals surface area contributed by atoms with E-state index < -0.39 is 10.0 Å². The van der Waals surface area contributed by atoms with Crippen molar-refractivity contribution in [3.05, 3.63) is 65.7 Å². The van der Waals surface area contributed by atoms with Crippen LogP contribution in [0.2, 0.25) is 0 Å². The average molecular weight is 387 g/mol. The molecule has 0 saturated heterocycles. The standard InChI is InChI=1S/C21H26N2O3S/c1-27(25,26)22(15-7-10-18-8-3-2-4-9-18)16-14-21(24)23-17-13-19-11-5-6-12-20(19)23/h2-6,8-9,11-12H,7,10,13-17H2,1H3. The molecule has 0 atom stereocenters. The Labute approximate surface area is 161 Å². The molecule has 0 spiro atoms. The summed E-state index contributed by atoms with van der Waals surface area (Å²) in [4.78, 5) is 14.4. The summed E-state index contributed by atoms with van der Waals surface area (Å²) in [7, 11) is -3.34. The summed E-state index contributed by atoms with van der Waals surface area (Å²) in [6, 6.07) is 17.9. The number of hydrogen-bond donors (Lipinski definition) is 0. The molecule has 0 fully saturated rings. The van der Waals surface area contributed by atoms with Crippen molar-refractivity contribution in [1.82, 2.24) is 4.31 Å². The lowest BCUT2D eigenvalue weighted by Crippen LogP contribution is -2.36. The van der Waals surface area contributed by atoms with Gasteiger partial charge in [0.2, 0.25) is 15.9 Å². The van der Waals surface area contributed by atoms with Crippen LogP contribution in [0, 0.1) is 0 Å². The number of nitrogens with zero attached hydrogens (tertiary/aromatic N) is 2. The molecule has 3 rings (SSSR count). The molecule has 144 valence electrons. The Morgan fingerprint density at radius 1 is 1.04 bits per heavy atom. The van der Waals surface area contributed by atoms with E-state index in [1.165, 1.54) is 21.7 Å². The van der Waals surface area contributed by atoms with E-state index in [1.54, 1.807) is 4.90 Å². The molecule has 0 N–H and O–H groups in total. The molecule has 1 amide bonds. The zero-order chi connectivity index (χ0) is 19.3. The highest BCUT2D eigenvalue weighted by Crippen LogP contribution is 2.27. The number of fused-ring (bicyclic) bond motifs is 1. The zero-order valence-electron chi connectivity index (χ0n) is 15.7. The maximum Gasteiger partial charge on any atom is 0.228 e. The van der Waals surface area contributed by atoms with Crippen molar-refractivity contribution in [1.29, 1.82) is 0 Å². The number of para-hydroxylation sites is 1. The molecule has 0 saturated carbocycles. The second kappa shape index (κ2) is 8.67. The van der Waals surface area contributed by atoms with Gasteiger partial charge in [-0.3, -0.25) is 4.79 Å². The first-order valence-electron chi connectivity index (χ1n) is 9.32. The fraction of sp³-hybridized carbons (Fsp3) is 0.381. The predicted molar refractivity (Wildman–Crippen MR) is 108 cm³/mol. The highest BCUT2D eigenvalue weighted by atomic mass is 32.2. The lowest BCUT2D eigenvalue weighted by molar-refractivity contribution is -0.118. The predicted octanol–water partition coefficient (Wildman–Crippen LogP) is 2.86. The zero-order valence-corrected chi connectivity index (χ0v) is 16.5. The molecule has 0 unspecified atom stereocenters. The van der Waals surface area contributed by atoms with Crippen LogP contribution in [0.3, 0.4) is 0 Å². The van der Waals surface area contributed by atoms with Crippen LogP contribution in [0.25, 0.3) is 0 Å². The summed E-state index contributed by atoms with van der Waals surface area (Å²) < 4.78 is 25.6. The molecule has 2 aromatic rings. The van der Waals surface area contributed by atoms with Crippen LogP contribution in [-0.2, 0) is 27.7 Å². The molecule has 1 aliphatic heterocycles. The molecular formula is C21H26N2O3S. The van der Waals surface area contributed by atoms with Crippen molar-refractivity contribution in [2.45, 2.75) is 25.7 Å². The molecule has 0 bridgehead atoms. The summed E-state index contributed by atoms with van der Waals surface area (Å²) in [6.07, 6.45) is 3.82. The maximum atomic E-state index is 12.6. The second-order valence-corrected chi connectivity index (χ2v) is 8.91. The van der Waals surface area contributed by atoms with E-state index in [9.17, 15) is 13.2 Å². The minimum atomic E-state index is -3.34. The number of amides is 1. The number of anilines is 1. The van der Waals surface area contributed by atoms with Gasteiger partial charge in [0, 0.05) is 31.7 Å². The van der Waals surface area contributed by atoms with Gasteiger partial charge in [-0.15, -0.1) is 0 Å². The number of sulfonamides is 1. The minimum Gasteiger partial charge on any atom is -0.312 e. The SMILES string of the molecule is CS(=O)(=O)N(CCCc1ccccc1)CCC(=O)N1CCc2ccccc21. The molecular weight excluding hydrogens is 360 g/mol.